The Labute approximate surface area is 209 Å². The van der Waals surface area contributed by atoms with Gasteiger partial charge in [0.05, 0.1) is 11.1 Å². The molecule has 0 aromatic heterocycles. The normalized spacial score (nSPS) is 16.9. The number of fused-ring (bicyclic) bond motifs is 4. The minimum Gasteiger partial charge on any atom is -0.454 e. The van der Waals surface area contributed by atoms with Crippen molar-refractivity contribution in [2.75, 3.05) is 0 Å². The Morgan fingerprint density at radius 2 is 1.19 bits per heavy atom. The van der Waals surface area contributed by atoms with Gasteiger partial charge in [-0.25, -0.2) is 9.59 Å². The Kier molecular flexibility index (Phi) is 5.70. The zero-order valence-corrected chi connectivity index (χ0v) is 19.6. The standard InChI is InChI=1S/C32H24O4/c33-31(21-9-3-1-4-10-21)35-29-18-17-26-27(30(29)36-32(34)22-11-5-2-6-12-22)16-15-25-19-23-13-7-8-14-24(23)20-28(25)26/h1-16,19-20,29-30H,17-18H2/t29-,30-/m0/s1. The fourth-order valence-corrected chi connectivity index (χ4v) is 5.07. The zero-order valence-electron chi connectivity index (χ0n) is 19.6. The van der Waals surface area contributed by atoms with E-state index in [9.17, 15) is 9.59 Å². The molecule has 0 spiro atoms. The van der Waals surface area contributed by atoms with Crippen molar-refractivity contribution in [2.24, 2.45) is 0 Å². The van der Waals surface area contributed by atoms with Crippen molar-refractivity contribution >= 4 is 33.5 Å². The SMILES string of the molecule is O=C(O[C@H]1CCc2c(ccc3cc4ccccc4cc23)[C@@H]1OC(=O)c1ccccc1)c1ccccc1. The average Bonchev–Trinajstić information content (AvgIpc) is 2.93. The third-order valence-corrected chi connectivity index (χ3v) is 6.87. The molecular weight excluding hydrogens is 448 g/mol. The van der Waals surface area contributed by atoms with Crippen LogP contribution in [0.15, 0.2) is 109 Å². The van der Waals surface area contributed by atoms with E-state index in [1.807, 2.05) is 30.3 Å². The molecule has 0 unspecified atom stereocenters. The Morgan fingerprint density at radius 1 is 0.611 bits per heavy atom. The number of carbonyl (C=O) groups excluding carboxylic acids is 2. The van der Waals surface area contributed by atoms with E-state index in [-0.39, 0.29) is 0 Å². The molecule has 176 valence electrons. The highest BCUT2D eigenvalue weighted by Gasteiger charge is 2.36. The van der Waals surface area contributed by atoms with Gasteiger partial charge >= 0.3 is 11.9 Å². The molecule has 4 heteroatoms. The van der Waals surface area contributed by atoms with E-state index in [0.717, 1.165) is 33.7 Å². The molecule has 0 heterocycles. The van der Waals surface area contributed by atoms with Crippen molar-refractivity contribution in [1.82, 2.24) is 0 Å². The summed E-state index contributed by atoms with van der Waals surface area (Å²) < 4.78 is 12.0. The maximum Gasteiger partial charge on any atom is 0.338 e. The van der Waals surface area contributed by atoms with Crippen molar-refractivity contribution in [3.8, 4) is 0 Å². The van der Waals surface area contributed by atoms with Crippen LogP contribution in [-0.4, -0.2) is 18.0 Å². The van der Waals surface area contributed by atoms with Crippen LogP contribution in [0, 0.1) is 0 Å². The highest BCUT2D eigenvalue weighted by atomic mass is 16.6. The summed E-state index contributed by atoms with van der Waals surface area (Å²) in [7, 11) is 0. The van der Waals surface area contributed by atoms with Crippen LogP contribution in [0.3, 0.4) is 0 Å². The lowest BCUT2D eigenvalue weighted by atomic mass is 9.83. The van der Waals surface area contributed by atoms with E-state index in [2.05, 4.69) is 30.3 Å². The first-order valence-corrected chi connectivity index (χ1v) is 12.1. The minimum absolute atomic E-state index is 0.420. The number of ether oxygens (including phenoxy) is 2. The lowest BCUT2D eigenvalue weighted by Gasteiger charge is -2.33. The van der Waals surface area contributed by atoms with Gasteiger partial charge in [-0.15, -0.1) is 0 Å². The summed E-state index contributed by atoms with van der Waals surface area (Å²) in [5, 5.41) is 4.62. The van der Waals surface area contributed by atoms with Gasteiger partial charge in [-0.2, -0.15) is 0 Å². The van der Waals surface area contributed by atoms with Crippen molar-refractivity contribution in [1.29, 1.82) is 0 Å². The predicted molar refractivity (Wildman–Crippen MR) is 140 cm³/mol. The second kappa shape index (κ2) is 9.31. The van der Waals surface area contributed by atoms with Gasteiger partial charge in [-0.1, -0.05) is 72.8 Å². The summed E-state index contributed by atoms with van der Waals surface area (Å²) in [6.45, 7) is 0. The van der Waals surface area contributed by atoms with Gasteiger partial charge < -0.3 is 9.47 Å². The van der Waals surface area contributed by atoms with Crippen molar-refractivity contribution in [3.63, 3.8) is 0 Å². The van der Waals surface area contributed by atoms with E-state index in [4.69, 9.17) is 9.47 Å². The second-order valence-electron chi connectivity index (χ2n) is 9.09. The van der Waals surface area contributed by atoms with Crippen LogP contribution in [0.5, 0.6) is 0 Å². The van der Waals surface area contributed by atoms with E-state index in [1.165, 1.54) is 5.39 Å². The molecule has 0 aliphatic heterocycles. The second-order valence-corrected chi connectivity index (χ2v) is 9.09. The molecule has 0 amide bonds. The Morgan fingerprint density at radius 3 is 1.86 bits per heavy atom. The molecule has 0 radical (unpaired) electrons. The highest BCUT2D eigenvalue weighted by molar-refractivity contribution is 6.00. The molecule has 5 aromatic rings. The predicted octanol–water partition coefficient (Wildman–Crippen LogP) is 7.06. The monoisotopic (exact) mass is 472 g/mol. The van der Waals surface area contributed by atoms with Crippen molar-refractivity contribution in [2.45, 2.75) is 25.0 Å². The lowest BCUT2D eigenvalue weighted by Crippen LogP contribution is -2.33. The average molecular weight is 473 g/mol. The fraction of sp³-hybridized carbons (Fsp3) is 0.125. The first-order chi connectivity index (χ1) is 17.7. The Hall–Kier alpha value is -4.44. The number of aryl methyl sites for hydroxylation is 1. The molecule has 2 atom stereocenters. The van der Waals surface area contributed by atoms with Crippen LogP contribution < -0.4 is 0 Å². The molecule has 0 saturated carbocycles. The van der Waals surface area contributed by atoms with Gasteiger partial charge in [0, 0.05) is 5.56 Å². The summed E-state index contributed by atoms with van der Waals surface area (Å²) in [5.74, 6) is -0.857. The van der Waals surface area contributed by atoms with Gasteiger partial charge in [0.2, 0.25) is 0 Å². The third kappa shape index (κ3) is 4.11. The molecule has 36 heavy (non-hydrogen) atoms. The topological polar surface area (TPSA) is 52.6 Å². The summed E-state index contributed by atoms with van der Waals surface area (Å²) in [6.07, 6.45) is -0.0118. The number of carbonyl (C=O) groups is 2. The van der Waals surface area contributed by atoms with Gasteiger partial charge in [-0.3, -0.25) is 0 Å². The van der Waals surface area contributed by atoms with Crippen LogP contribution in [0.25, 0.3) is 21.5 Å². The molecule has 5 aromatic carbocycles. The number of rotatable bonds is 4. The maximum absolute atomic E-state index is 13.1. The van der Waals surface area contributed by atoms with Crippen LogP contribution in [-0.2, 0) is 15.9 Å². The lowest BCUT2D eigenvalue weighted by molar-refractivity contribution is -0.0436. The number of hydrogen-bond donors (Lipinski definition) is 0. The molecule has 6 rings (SSSR count). The number of benzene rings is 5. The molecule has 0 N–H and O–H groups in total. The Balaban J connectivity index is 1.41. The van der Waals surface area contributed by atoms with Crippen LogP contribution in [0.1, 0.15) is 44.4 Å². The smallest absolute Gasteiger partial charge is 0.338 e. The zero-order chi connectivity index (χ0) is 24.5. The molecule has 1 aliphatic rings. The van der Waals surface area contributed by atoms with Gasteiger partial charge in [0.25, 0.3) is 0 Å². The molecule has 4 nitrogen and oxygen atoms in total. The quantitative estimate of drug-likeness (QED) is 0.207. The fourth-order valence-electron chi connectivity index (χ4n) is 5.07. The van der Waals surface area contributed by atoms with Crippen LogP contribution in [0.2, 0.25) is 0 Å². The molecule has 0 fully saturated rings. The largest absolute Gasteiger partial charge is 0.454 e. The summed E-state index contributed by atoms with van der Waals surface area (Å²) in [5.41, 5.74) is 2.96. The first kappa shape index (κ1) is 22.1. The summed E-state index contributed by atoms with van der Waals surface area (Å²) >= 11 is 0. The molecular formula is C32H24O4. The number of hydrogen-bond acceptors (Lipinski definition) is 4. The molecule has 0 bridgehead atoms. The highest BCUT2D eigenvalue weighted by Crippen LogP contribution is 2.40. The van der Waals surface area contributed by atoms with E-state index < -0.39 is 24.1 Å². The first-order valence-electron chi connectivity index (χ1n) is 12.1. The van der Waals surface area contributed by atoms with E-state index in [0.29, 0.717) is 17.5 Å². The van der Waals surface area contributed by atoms with Gasteiger partial charge in [0.15, 0.2) is 6.10 Å². The van der Waals surface area contributed by atoms with Crippen LogP contribution in [0.4, 0.5) is 0 Å². The molecule has 0 saturated heterocycles. The van der Waals surface area contributed by atoms with Crippen molar-refractivity contribution in [3.05, 3.63) is 131 Å². The van der Waals surface area contributed by atoms with Gasteiger partial charge in [-0.05, 0) is 76.3 Å². The molecule has 1 aliphatic carbocycles. The number of esters is 2. The maximum atomic E-state index is 13.1. The van der Waals surface area contributed by atoms with E-state index in [1.54, 1.807) is 48.5 Å². The third-order valence-electron chi connectivity index (χ3n) is 6.87. The summed E-state index contributed by atoms with van der Waals surface area (Å²) in [6, 6.07) is 34.6. The minimum atomic E-state index is -0.704. The van der Waals surface area contributed by atoms with E-state index >= 15 is 0 Å². The Bertz CT molecular complexity index is 1570. The van der Waals surface area contributed by atoms with Crippen LogP contribution >= 0.6 is 0 Å². The summed E-state index contributed by atoms with van der Waals surface area (Å²) in [4.78, 5) is 26.0. The van der Waals surface area contributed by atoms with Gasteiger partial charge in [0.1, 0.15) is 6.10 Å². The van der Waals surface area contributed by atoms with Crippen molar-refractivity contribution < 1.29 is 19.1 Å².